The van der Waals surface area contributed by atoms with E-state index < -0.39 is 15.9 Å². The molecule has 0 aliphatic carbocycles. The van der Waals surface area contributed by atoms with Crippen molar-refractivity contribution in [2.75, 3.05) is 11.9 Å². The van der Waals surface area contributed by atoms with Gasteiger partial charge in [-0.3, -0.25) is 4.79 Å². The van der Waals surface area contributed by atoms with Gasteiger partial charge in [-0.2, -0.15) is 4.72 Å². The van der Waals surface area contributed by atoms with Crippen molar-refractivity contribution in [3.63, 3.8) is 0 Å². The lowest BCUT2D eigenvalue weighted by atomic mass is 10.2. The number of hydrogen-bond donors (Lipinski definition) is 2. The van der Waals surface area contributed by atoms with Crippen LogP contribution >= 0.6 is 11.6 Å². The Hall–Kier alpha value is -2.33. The third-order valence-corrected chi connectivity index (χ3v) is 5.01. The standard InChI is InChI=1S/C17H15ClN2O3S/c1-3-9-19-24(22,23)15-6-4-5-13(10-15)17(21)20-14-8-7-12(2)16(18)11-14/h1,4-8,10-11,19H,9H2,2H3,(H,20,21). The van der Waals surface area contributed by atoms with Crippen molar-refractivity contribution in [1.82, 2.24) is 4.72 Å². The highest BCUT2D eigenvalue weighted by Crippen LogP contribution is 2.21. The molecule has 7 heteroatoms. The van der Waals surface area contributed by atoms with Crippen LogP contribution in [0.1, 0.15) is 15.9 Å². The second-order valence-corrected chi connectivity index (χ2v) is 7.15. The number of rotatable bonds is 5. The van der Waals surface area contributed by atoms with Crippen molar-refractivity contribution in [3.8, 4) is 12.3 Å². The van der Waals surface area contributed by atoms with Gasteiger partial charge in [0.15, 0.2) is 0 Å². The summed E-state index contributed by atoms with van der Waals surface area (Å²) in [5.41, 5.74) is 1.62. The molecule has 0 saturated carbocycles. The first kappa shape index (κ1) is 18.0. The number of anilines is 1. The molecule has 1 amide bonds. The van der Waals surface area contributed by atoms with E-state index in [0.29, 0.717) is 10.7 Å². The molecule has 0 radical (unpaired) electrons. The van der Waals surface area contributed by atoms with Gasteiger partial charge >= 0.3 is 0 Å². The van der Waals surface area contributed by atoms with Gasteiger partial charge in [-0.25, -0.2) is 8.42 Å². The van der Waals surface area contributed by atoms with Gasteiger partial charge in [0.25, 0.3) is 5.91 Å². The molecule has 0 heterocycles. The summed E-state index contributed by atoms with van der Waals surface area (Å²) in [6, 6.07) is 10.8. The third kappa shape index (κ3) is 4.36. The second kappa shape index (κ2) is 7.49. The Kier molecular flexibility index (Phi) is 5.62. The summed E-state index contributed by atoms with van der Waals surface area (Å²) in [4.78, 5) is 12.3. The maximum absolute atomic E-state index is 12.3. The minimum absolute atomic E-state index is 0.0349. The van der Waals surface area contributed by atoms with Gasteiger partial charge in [0.2, 0.25) is 10.0 Å². The molecular weight excluding hydrogens is 348 g/mol. The number of sulfonamides is 1. The van der Waals surface area contributed by atoms with Crippen LogP contribution in [0.5, 0.6) is 0 Å². The Morgan fingerprint density at radius 3 is 2.67 bits per heavy atom. The Morgan fingerprint density at radius 1 is 1.25 bits per heavy atom. The third-order valence-electron chi connectivity index (χ3n) is 3.20. The fourth-order valence-electron chi connectivity index (χ4n) is 1.90. The summed E-state index contributed by atoms with van der Waals surface area (Å²) in [7, 11) is -3.76. The summed E-state index contributed by atoms with van der Waals surface area (Å²) in [6.07, 6.45) is 5.05. The normalized spacial score (nSPS) is 10.9. The van der Waals surface area contributed by atoms with Crippen molar-refractivity contribution in [2.24, 2.45) is 0 Å². The Balaban J connectivity index is 2.23. The fraction of sp³-hybridized carbons (Fsp3) is 0.118. The van der Waals surface area contributed by atoms with Gasteiger partial charge in [-0.05, 0) is 42.8 Å². The van der Waals surface area contributed by atoms with E-state index in [1.165, 1.54) is 24.3 Å². The Morgan fingerprint density at radius 2 is 2.00 bits per heavy atom. The smallest absolute Gasteiger partial charge is 0.255 e. The van der Waals surface area contributed by atoms with E-state index in [2.05, 4.69) is 16.0 Å². The summed E-state index contributed by atoms with van der Waals surface area (Å²) < 4.78 is 26.3. The number of amides is 1. The molecule has 0 aliphatic heterocycles. The number of carbonyl (C=O) groups is 1. The molecule has 2 rings (SSSR count). The molecule has 0 atom stereocenters. The van der Waals surface area contributed by atoms with Crippen LogP contribution in [0.3, 0.4) is 0 Å². The molecule has 2 N–H and O–H groups in total. The van der Waals surface area contributed by atoms with Gasteiger partial charge in [0, 0.05) is 16.3 Å². The largest absolute Gasteiger partial charge is 0.322 e. The number of nitrogens with one attached hydrogen (secondary N) is 2. The second-order valence-electron chi connectivity index (χ2n) is 4.97. The van der Waals surface area contributed by atoms with E-state index in [9.17, 15) is 13.2 Å². The van der Waals surface area contributed by atoms with Crippen molar-refractivity contribution < 1.29 is 13.2 Å². The van der Waals surface area contributed by atoms with Crippen LogP contribution in [0.25, 0.3) is 0 Å². The summed E-state index contributed by atoms with van der Waals surface area (Å²) in [5, 5.41) is 3.21. The molecule has 0 aromatic heterocycles. The molecule has 0 aliphatic rings. The van der Waals surface area contributed by atoms with Crippen LogP contribution in [0, 0.1) is 19.3 Å². The van der Waals surface area contributed by atoms with Gasteiger partial charge in [0.05, 0.1) is 11.4 Å². The molecule has 2 aromatic rings. The van der Waals surface area contributed by atoms with E-state index in [0.717, 1.165) is 5.56 Å². The number of carbonyl (C=O) groups excluding carboxylic acids is 1. The number of benzene rings is 2. The minimum Gasteiger partial charge on any atom is -0.322 e. The highest BCUT2D eigenvalue weighted by molar-refractivity contribution is 7.89. The average molecular weight is 363 g/mol. The van der Waals surface area contributed by atoms with Crippen molar-refractivity contribution >= 4 is 33.2 Å². The van der Waals surface area contributed by atoms with Crippen LogP contribution in [0.15, 0.2) is 47.4 Å². The van der Waals surface area contributed by atoms with Crippen molar-refractivity contribution in [3.05, 3.63) is 58.6 Å². The zero-order valence-corrected chi connectivity index (χ0v) is 14.4. The molecule has 0 unspecified atom stereocenters. The van der Waals surface area contributed by atoms with E-state index in [4.69, 9.17) is 18.0 Å². The topological polar surface area (TPSA) is 75.3 Å². The van der Waals surface area contributed by atoms with Crippen LogP contribution in [0.4, 0.5) is 5.69 Å². The monoisotopic (exact) mass is 362 g/mol. The Labute approximate surface area is 146 Å². The minimum atomic E-state index is -3.76. The van der Waals surface area contributed by atoms with E-state index in [-0.39, 0.29) is 17.0 Å². The Bertz CT molecular complexity index is 918. The number of halogens is 1. The van der Waals surface area contributed by atoms with Gasteiger partial charge in [-0.15, -0.1) is 6.42 Å². The molecule has 0 bridgehead atoms. The maximum atomic E-state index is 12.3. The maximum Gasteiger partial charge on any atom is 0.255 e. The zero-order chi connectivity index (χ0) is 17.7. The average Bonchev–Trinajstić information content (AvgIpc) is 2.56. The van der Waals surface area contributed by atoms with Crippen LogP contribution in [0.2, 0.25) is 5.02 Å². The molecule has 124 valence electrons. The molecule has 0 spiro atoms. The van der Waals surface area contributed by atoms with E-state index in [1.54, 1.807) is 18.2 Å². The zero-order valence-electron chi connectivity index (χ0n) is 12.8. The molecule has 5 nitrogen and oxygen atoms in total. The molecule has 2 aromatic carbocycles. The van der Waals surface area contributed by atoms with Crippen molar-refractivity contribution in [2.45, 2.75) is 11.8 Å². The molecular formula is C17H15ClN2O3S. The SMILES string of the molecule is C#CCNS(=O)(=O)c1cccc(C(=O)Nc2ccc(C)c(Cl)c2)c1. The quantitative estimate of drug-likeness (QED) is 0.803. The number of hydrogen-bond acceptors (Lipinski definition) is 3. The van der Waals surface area contributed by atoms with Crippen LogP contribution in [-0.2, 0) is 10.0 Å². The predicted octanol–water partition coefficient (Wildman–Crippen LogP) is 2.81. The van der Waals surface area contributed by atoms with Gasteiger partial charge < -0.3 is 5.32 Å². The lowest BCUT2D eigenvalue weighted by molar-refractivity contribution is 0.102. The van der Waals surface area contributed by atoms with E-state index >= 15 is 0 Å². The highest BCUT2D eigenvalue weighted by Gasteiger charge is 2.15. The fourth-order valence-corrected chi connectivity index (χ4v) is 3.06. The van der Waals surface area contributed by atoms with Crippen LogP contribution < -0.4 is 10.0 Å². The van der Waals surface area contributed by atoms with Crippen molar-refractivity contribution in [1.29, 1.82) is 0 Å². The lowest BCUT2D eigenvalue weighted by Gasteiger charge is -2.09. The highest BCUT2D eigenvalue weighted by atomic mass is 35.5. The van der Waals surface area contributed by atoms with Gasteiger partial charge in [0.1, 0.15) is 0 Å². The summed E-state index contributed by atoms with van der Waals surface area (Å²) >= 11 is 6.02. The first-order chi connectivity index (χ1) is 11.3. The van der Waals surface area contributed by atoms with E-state index in [1.807, 2.05) is 6.92 Å². The summed E-state index contributed by atoms with van der Waals surface area (Å²) in [5.74, 6) is 1.75. The summed E-state index contributed by atoms with van der Waals surface area (Å²) in [6.45, 7) is 1.73. The molecule has 0 saturated heterocycles. The lowest BCUT2D eigenvalue weighted by Crippen LogP contribution is -2.24. The first-order valence-electron chi connectivity index (χ1n) is 6.94. The molecule has 0 fully saturated rings. The molecule has 24 heavy (non-hydrogen) atoms. The van der Waals surface area contributed by atoms with Gasteiger partial charge in [-0.1, -0.05) is 29.7 Å². The predicted molar refractivity (Wildman–Crippen MR) is 94.6 cm³/mol. The number of terminal acetylenes is 1. The first-order valence-corrected chi connectivity index (χ1v) is 8.80. The number of aryl methyl sites for hydroxylation is 1. The van der Waals surface area contributed by atoms with Crippen LogP contribution in [-0.4, -0.2) is 20.9 Å².